The molecule has 2 rings (SSSR count). The van der Waals surface area contributed by atoms with Crippen LogP contribution in [0.15, 0.2) is 29.2 Å². The molecule has 5 nitrogen and oxygen atoms in total. The number of carbonyl (C=O) groups excluding carboxylic acids is 2. The fourth-order valence-electron chi connectivity index (χ4n) is 2.77. The van der Waals surface area contributed by atoms with Gasteiger partial charge in [0.05, 0.1) is 11.6 Å². The summed E-state index contributed by atoms with van der Waals surface area (Å²) in [7, 11) is 0. The Morgan fingerprint density at radius 2 is 1.56 bits per heavy atom. The lowest BCUT2D eigenvalue weighted by molar-refractivity contribution is -0.124. The molecule has 0 atom stereocenters. The molecule has 1 heterocycles. The van der Waals surface area contributed by atoms with Gasteiger partial charge >= 0.3 is 0 Å². The minimum atomic E-state index is -0.199. The molecule has 0 aliphatic carbocycles. The van der Waals surface area contributed by atoms with Gasteiger partial charge in [0.25, 0.3) is 11.1 Å². The summed E-state index contributed by atoms with van der Waals surface area (Å²) >= 11 is 1.02. The summed E-state index contributed by atoms with van der Waals surface area (Å²) in [5, 5.41) is -0.192. The summed E-state index contributed by atoms with van der Waals surface area (Å²) in [6.07, 6.45) is 1.80. The minimum absolute atomic E-state index is 0.192. The van der Waals surface area contributed by atoms with Crippen molar-refractivity contribution >= 4 is 34.7 Å². The van der Waals surface area contributed by atoms with E-state index in [9.17, 15) is 9.59 Å². The summed E-state index contributed by atoms with van der Waals surface area (Å²) in [5.41, 5.74) is 2.10. The third-order valence-electron chi connectivity index (χ3n) is 4.43. The molecule has 136 valence electrons. The first-order valence-electron chi connectivity index (χ1n) is 8.86. The topological polar surface area (TPSA) is 43.9 Å². The van der Waals surface area contributed by atoms with Crippen LogP contribution in [0, 0.1) is 0 Å². The van der Waals surface area contributed by atoms with Crippen LogP contribution in [-0.4, -0.2) is 53.8 Å². The van der Waals surface area contributed by atoms with Crippen LogP contribution in [0.1, 0.15) is 33.3 Å². The van der Waals surface area contributed by atoms with Gasteiger partial charge in [0.2, 0.25) is 0 Å². The maximum Gasteiger partial charge on any atom is 0.294 e. The summed E-state index contributed by atoms with van der Waals surface area (Å²) in [5.74, 6) is -0.199. The summed E-state index contributed by atoms with van der Waals surface area (Å²) in [6, 6.07) is 8.09. The van der Waals surface area contributed by atoms with Crippen LogP contribution >= 0.6 is 11.8 Å². The Morgan fingerprint density at radius 3 is 2.08 bits per heavy atom. The number of nitrogens with zero attached hydrogens (tertiary/aromatic N) is 3. The maximum atomic E-state index is 12.5. The van der Waals surface area contributed by atoms with Gasteiger partial charge in [-0.1, -0.05) is 26.0 Å². The van der Waals surface area contributed by atoms with Crippen molar-refractivity contribution in [2.24, 2.45) is 0 Å². The number of hydrogen-bond acceptors (Lipinski definition) is 5. The molecule has 1 aliphatic heterocycles. The van der Waals surface area contributed by atoms with Crippen molar-refractivity contribution in [2.45, 2.75) is 27.7 Å². The molecular weight excluding hydrogens is 334 g/mol. The molecule has 0 saturated carbocycles. The van der Waals surface area contributed by atoms with Crippen LogP contribution < -0.4 is 4.90 Å². The zero-order valence-electron chi connectivity index (χ0n) is 15.5. The van der Waals surface area contributed by atoms with Crippen LogP contribution in [0.4, 0.5) is 10.5 Å². The first-order valence-corrected chi connectivity index (χ1v) is 9.68. The van der Waals surface area contributed by atoms with Crippen LogP contribution in [0.5, 0.6) is 0 Å². The van der Waals surface area contributed by atoms with Gasteiger partial charge in [-0.25, -0.2) is 0 Å². The molecule has 25 heavy (non-hydrogen) atoms. The van der Waals surface area contributed by atoms with Gasteiger partial charge in [-0.15, -0.1) is 0 Å². The second kappa shape index (κ2) is 9.06. The second-order valence-electron chi connectivity index (χ2n) is 5.82. The highest BCUT2D eigenvalue weighted by atomic mass is 32.2. The molecule has 0 unspecified atom stereocenters. The van der Waals surface area contributed by atoms with Gasteiger partial charge in [-0.2, -0.15) is 0 Å². The highest BCUT2D eigenvalue weighted by molar-refractivity contribution is 8.18. The maximum absolute atomic E-state index is 12.5. The Bertz CT molecular complexity index is 635. The molecular formula is C19H27N3O2S. The molecule has 0 aromatic heterocycles. The van der Waals surface area contributed by atoms with Gasteiger partial charge < -0.3 is 4.90 Å². The van der Waals surface area contributed by atoms with Gasteiger partial charge in [0.15, 0.2) is 0 Å². The summed E-state index contributed by atoms with van der Waals surface area (Å²) in [6.45, 7) is 12.2. The molecule has 1 aromatic rings. The summed E-state index contributed by atoms with van der Waals surface area (Å²) in [4.78, 5) is 30.8. The Labute approximate surface area is 154 Å². The number of anilines is 1. The first-order chi connectivity index (χ1) is 12.0. The number of carbonyl (C=O) groups is 2. The zero-order valence-corrected chi connectivity index (χ0v) is 16.3. The van der Waals surface area contributed by atoms with Crippen LogP contribution in [0.2, 0.25) is 0 Å². The average molecular weight is 362 g/mol. The van der Waals surface area contributed by atoms with Gasteiger partial charge in [0, 0.05) is 18.8 Å². The van der Waals surface area contributed by atoms with E-state index in [1.54, 1.807) is 6.08 Å². The van der Waals surface area contributed by atoms with Crippen molar-refractivity contribution in [1.82, 2.24) is 9.80 Å². The van der Waals surface area contributed by atoms with Gasteiger partial charge in [-0.3, -0.25) is 19.4 Å². The fraction of sp³-hybridized carbons (Fsp3) is 0.474. The predicted molar refractivity (Wildman–Crippen MR) is 106 cm³/mol. The number of amides is 2. The van der Waals surface area contributed by atoms with Crippen molar-refractivity contribution in [2.75, 3.05) is 37.7 Å². The predicted octanol–water partition coefficient (Wildman–Crippen LogP) is 3.87. The largest absolute Gasteiger partial charge is 0.372 e. The molecule has 1 aliphatic rings. The normalized spacial score (nSPS) is 16.4. The first kappa shape index (κ1) is 19.5. The minimum Gasteiger partial charge on any atom is -0.372 e. The van der Waals surface area contributed by atoms with E-state index in [1.807, 2.05) is 26.0 Å². The Morgan fingerprint density at radius 1 is 0.960 bits per heavy atom. The van der Waals surface area contributed by atoms with E-state index in [0.717, 1.165) is 49.2 Å². The van der Waals surface area contributed by atoms with Crippen LogP contribution in [0.25, 0.3) is 6.08 Å². The van der Waals surface area contributed by atoms with E-state index >= 15 is 0 Å². The van der Waals surface area contributed by atoms with Gasteiger partial charge in [0.1, 0.15) is 0 Å². The standard InChI is InChI=1S/C19H27N3O2S/c1-5-20(6-2)14-22-18(23)17(25-19(22)24)13-15-9-11-16(12-10-15)21(7-3)8-4/h9-13H,5-8,14H2,1-4H3. The van der Waals surface area contributed by atoms with Crippen LogP contribution in [0.3, 0.4) is 0 Å². The molecule has 0 radical (unpaired) electrons. The average Bonchev–Trinajstić information content (AvgIpc) is 2.89. The number of thioether (sulfide) groups is 1. The van der Waals surface area contributed by atoms with Crippen molar-refractivity contribution in [3.05, 3.63) is 34.7 Å². The molecule has 0 bridgehead atoms. The highest BCUT2D eigenvalue weighted by Gasteiger charge is 2.35. The van der Waals surface area contributed by atoms with Crippen LogP contribution in [-0.2, 0) is 4.79 Å². The molecule has 0 spiro atoms. The van der Waals surface area contributed by atoms with E-state index in [1.165, 1.54) is 4.90 Å². The lowest BCUT2D eigenvalue weighted by Crippen LogP contribution is -2.40. The number of imide groups is 1. The number of rotatable bonds is 8. The Kier molecular flexibility index (Phi) is 7.08. The molecule has 0 N–H and O–H groups in total. The summed E-state index contributed by atoms with van der Waals surface area (Å²) < 4.78 is 0. The number of benzene rings is 1. The monoisotopic (exact) mass is 361 g/mol. The lowest BCUT2D eigenvalue weighted by atomic mass is 10.1. The molecule has 2 amide bonds. The second-order valence-corrected chi connectivity index (χ2v) is 6.81. The van der Waals surface area contributed by atoms with Crippen molar-refractivity contribution < 1.29 is 9.59 Å². The smallest absolute Gasteiger partial charge is 0.294 e. The van der Waals surface area contributed by atoms with E-state index < -0.39 is 0 Å². The third-order valence-corrected chi connectivity index (χ3v) is 5.34. The highest BCUT2D eigenvalue weighted by Crippen LogP contribution is 2.32. The van der Waals surface area contributed by atoms with Crippen molar-refractivity contribution in [3.63, 3.8) is 0 Å². The van der Waals surface area contributed by atoms with E-state index in [4.69, 9.17) is 0 Å². The van der Waals surface area contributed by atoms with Gasteiger partial charge in [-0.05, 0) is 62.5 Å². The molecule has 1 fully saturated rings. The molecule has 1 aromatic carbocycles. The zero-order chi connectivity index (χ0) is 18.4. The fourth-order valence-corrected chi connectivity index (χ4v) is 3.60. The van der Waals surface area contributed by atoms with E-state index in [-0.39, 0.29) is 11.1 Å². The Balaban J connectivity index is 2.13. The number of hydrogen-bond donors (Lipinski definition) is 0. The lowest BCUT2D eigenvalue weighted by Gasteiger charge is -2.23. The third kappa shape index (κ3) is 4.64. The van der Waals surface area contributed by atoms with E-state index in [2.05, 4.69) is 35.8 Å². The van der Waals surface area contributed by atoms with E-state index in [0.29, 0.717) is 11.6 Å². The Hall–Kier alpha value is -1.79. The molecule has 6 heteroatoms. The molecule has 1 saturated heterocycles. The quantitative estimate of drug-likeness (QED) is 0.658. The SMILES string of the molecule is CCN(CC)CN1C(=O)SC(=Cc2ccc(N(CC)CC)cc2)C1=O. The van der Waals surface area contributed by atoms with Crippen molar-refractivity contribution in [3.8, 4) is 0 Å². The van der Waals surface area contributed by atoms with Crippen molar-refractivity contribution in [1.29, 1.82) is 0 Å².